The second kappa shape index (κ2) is 30.6. The molecule has 0 atom stereocenters. The number of piperidine rings is 2. The average molecular weight is 1230 g/mol. The van der Waals surface area contributed by atoms with Crippen molar-refractivity contribution in [3.05, 3.63) is 252 Å². The topological polar surface area (TPSA) is 207 Å². The molecule has 0 spiro atoms. The maximum absolute atomic E-state index is 13.8. The molecule has 2 saturated heterocycles. The molecule has 2 aliphatic heterocycles. The van der Waals surface area contributed by atoms with Gasteiger partial charge in [0.25, 0.3) is 5.69 Å². The Balaban J connectivity index is 0.000000186. The number of sulfonamides is 2. The van der Waals surface area contributed by atoms with Crippen LogP contribution in [0.1, 0.15) is 67.7 Å². The van der Waals surface area contributed by atoms with Crippen molar-refractivity contribution in [1.82, 2.24) is 42.6 Å². The van der Waals surface area contributed by atoms with E-state index < -0.39 is 31.1 Å². The van der Waals surface area contributed by atoms with Gasteiger partial charge in [-0.2, -0.15) is 8.61 Å². The predicted molar refractivity (Wildman–Crippen MR) is 338 cm³/mol. The van der Waals surface area contributed by atoms with Crippen molar-refractivity contribution in [2.24, 2.45) is 0 Å². The maximum atomic E-state index is 13.8. The quantitative estimate of drug-likeness (QED) is 0.0579. The average Bonchev–Trinajstić information content (AvgIpc) is 3.54. The van der Waals surface area contributed by atoms with E-state index in [9.17, 15) is 36.5 Å². The Morgan fingerprint density at radius 1 is 0.511 bits per heavy atom. The van der Waals surface area contributed by atoms with Crippen molar-refractivity contribution in [2.75, 3.05) is 39.8 Å². The van der Waals surface area contributed by atoms with E-state index in [4.69, 9.17) is 4.74 Å². The third kappa shape index (κ3) is 17.2. The number of nitro groups is 1. The number of nitrogens with zero attached hydrogens (tertiary/aromatic N) is 10. The van der Waals surface area contributed by atoms with Crippen LogP contribution in [-0.4, -0.2) is 116 Å². The molecule has 11 rings (SSSR count). The molecule has 19 nitrogen and oxygen atoms in total. The summed E-state index contributed by atoms with van der Waals surface area (Å²) in [7, 11) is -5.86. The van der Waals surface area contributed by atoms with Crippen molar-refractivity contribution in [3.63, 3.8) is 0 Å². The minimum absolute atomic E-state index is 0.122. The lowest BCUT2D eigenvalue weighted by Gasteiger charge is -2.34. The minimum Gasteiger partial charge on any atom is -0.410 e. The Morgan fingerprint density at radius 3 is 1.26 bits per heavy atom. The van der Waals surface area contributed by atoms with Crippen LogP contribution in [0, 0.1) is 10.1 Å². The largest absolute Gasteiger partial charge is 0.424 e. The first-order chi connectivity index (χ1) is 42.6. The summed E-state index contributed by atoms with van der Waals surface area (Å²) in [5, 5.41) is 14.5. The van der Waals surface area contributed by atoms with Crippen molar-refractivity contribution in [1.29, 1.82) is 0 Å². The van der Waals surface area contributed by atoms with Gasteiger partial charge in [-0.15, -0.1) is 0 Å². The second-order valence-corrected chi connectivity index (χ2v) is 25.2. The number of hydrogen-bond donors (Lipinski definition) is 0. The van der Waals surface area contributed by atoms with Gasteiger partial charge in [-0.3, -0.25) is 19.7 Å². The first kappa shape index (κ1) is 63.5. The Hall–Kier alpha value is -8.96. The van der Waals surface area contributed by atoms with Gasteiger partial charge in [0.2, 0.25) is 20.0 Å². The fourth-order valence-electron chi connectivity index (χ4n) is 10.2. The molecule has 2 aromatic heterocycles. The van der Waals surface area contributed by atoms with Crippen LogP contribution in [0.15, 0.2) is 229 Å². The Labute approximate surface area is 514 Å². The summed E-state index contributed by atoms with van der Waals surface area (Å²) in [6.45, 7) is 8.85. The Kier molecular flexibility index (Phi) is 22.1. The van der Waals surface area contributed by atoms with Crippen LogP contribution in [0.5, 0.6) is 5.75 Å². The van der Waals surface area contributed by atoms with Gasteiger partial charge in [-0.1, -0.05) is 165 Å². The summed E-state index contributed by atoms with van der Waals surface area (Å²) < 4.78 is 65.7. The number of aromatic nitrogens is 4. The molecular formula is C67H72N10O9S2. The van der Waals surface area contributed by atoms with E-state index in [-0.39, 0.29) is 53.4 Å². The van der Waals surface area contributed by atoms with Crippen LogP contribution in [0.3, 0.4) is 0 Å². The monoisotopic (exact) mass is 1220 g/mol. The van der Waals surface area contributed by atoms with Gasteiger partial charge in [-0.25, -0.2) is 46.0 Å². The van der Waals surface area contributed by atoms with Gasteiger partial charge in [0.15, 0.2) is 0 Å². The summed E-state index contributed by atoms with van der Waals surface area (Å²) in [6, 6.07) is 55.9. The smallest absolute Gasteiger partial charge is 0.410 e. The van der Waals surface area contributed by atoms with E-state index >= 15 is 0 Å². The number of carbonyl (C=O) groups excluding carboxylic acids is 2. The molecular weight excluding hydrogens is 1150 g/mol. The van der Waals surface area contributed by atoms with E-state index in [1.807, 2.05) is 121 Å². The van der Waals surface area contributed by atoms with Crippen LogP contribution in [0.2, 0.25) is 0 Å². The van der Waals surface area contributed by atoms with E-state index in [1.165, 1.54) is 114 Å². The fraction of sp³-hybridized carbons (Fsp3) is 0.254. The molecule has 0 unspecified atom stereocenters. The highest BCUT2D eigenvalue weighted by atomic mass is 32.2. The van der Waals surface area contributed by atoms with Crippen molar-refractivity contribution < 1.29 is 36.1 Å². The number of hydrogen-bond acceptors (Lipinski definition) is 13. The molecule has 9 aromatic rings. The number of nitro benzene ring substituents is 1. The first-order valence-electron chi connectivity index (χ1n) is 29.3. The molecule has 0 N–H and O–H groups in total. The van der Waals surface area contributed by atoms with Crippen molar-refractivity contribution in [3.8, 4) is 28.3 Å². The Morgan fingerprint density at radius 2 is 0.886 bits per heavy atom. The maximum Gasteiger partial charge on any atom is 0.424 e. The van der Waals surface area contributed by atoms with Gasteiger partial charge in [-0.05, 0) is 104 Å². The number of non-ortho nitro benzene ring substituents is 1. The molecule has 88 heavy (non-hydrogen) atoms. The van der Waals surface area contributed by atoms with E-state index in [2.05, 4.69) is 26.8 Å². The van der Waals surface area contributed by atoms with Crippen LogP contribution in [-0.2, 0) is 46.2 Å². The van der Waals surface area contributed by atoms with Gasteiger partial charge in [0.1, 0.15) is 18.4 Å². The molecule has 7 aromatic carbocycles. The summed E-state index contributed by atoms with van der Waals surface area (Å²) in [5.41, 5.74) is 5.82. The summed E-state index contributed by atoms with van der Waals surface area (Å²) in [5.74, 6) is 0.140. The minimum atomic E-state index is -3.86. The van der Waals surface area contributed by atoms with Gasteiger partial charge in [0.05, 0.1) is 26.1 Å². The fourth-order valence-corrected chi connectivity index (χ4v) is 13.0. The zero-order valence-corrected chi connectivity index (χ0v) is 51.0. The van der Waals surface area contributed by atoms with Gasteiger partial charge in [0, 0.05) is 82.0 Å². The van der Waals surface area contributed by atoms with Crippen LogP contribution in [0.25, 0.3) is 22.5 Å². The molecule has 21 heteroatoms. The number of imidazole rings is 2. The zero-order valence-electron chi connectivity index (χ0n) is 49.4. The number of ether oxygens (including phenoxy) is 1. The lowest BCUT2D eigenvalue weighted by molar-refractivity contribution is -0.384. The lowest BCUT2D eigenvalue weighted by atomic mass is 10.1. The molecule has 0 radical (unpaired) electrons. The standard InChI is InChI=1S/C30H33N5O3S.C30H24N4O6S.C7H15N/c1-32(34-19-9-4-10-20-34)30(36)33-23-29(31-24-33)27-15-17-28(18-16-27)39(37,38)35(21-25-11-5-2-6-12-25)22-26-13-7-3-8-14-26;35-30(40-27-15-13-26(14-16-27)34(36)37)32-21-29(31-22-32)25-11-17-28(18-12-25)41(38,39)33(19-23-7-3-1-4-8-23)20-24-9-5-2-6-10-24;1-2-8-6-4-3-5-7-8/h2-3,5-8,11-18,23-24H,4,9-10,19-22H2,1H3;1-18,21-22H,19-20H2;2-7H2,1H3. The molecule has 4 heterocycles. The Bertz CT molecular complexity index is 3820. The first-order valence-corrected chi connectivity index (χ1v) is 32.2. The second-order valence-electron chi connectivity index (χ2n) is 21.3. The number of carbonyl (C=O) groups is 2. The zero-order chi connectivity index (χ0) is 61.9. The third-order valence-electron chi connectivity index (χ3n) is 15.2. The summed E-state index contributed by atoms with van der Waals surface area (Å²) in [6.07, 6.45) is 12.8. The normalized spacial score (nSPS) is 13.8. The number of benzene rings is 7. The van der Waals surface area contributed by atoms with E-state index in [0.717, 1.165) is 58.3 Å². The molecule has 456 valence electrons. The van der Waals surface area contributed by atoms with Gasteiger partial charge < -0.3 is 9.64 Å². The highest BCUT2D eigenvalue weighted by Gasteiger charge is 2.28. The van der Waals surface area contributed by atoms with E-state index in [1.54, 1.807) is 54.7 Å². The van der Waals surface area contributed by atoms with Crippen molar-refractivity contribution >= 4 is 37.9 Å². The molecule has 0 bridgehead atoms. The number of hydrazine groups is 1. The summed E-state index contributed by atoms with van der Waals surface area (Å²) >= 11 is 0. The van der Waals surface area contributed by atoms with Gasteiger partial charge >= 0.3 is 12.1 Å². The van der Waals surface area contributed by atoms with Crippen LogP contribution < -0.4 is 4.74 Å². The lowest BCUT2D eigenvalue weighted by Crippen LogP contribution is -2.47. The number of amides is 1. The summed E-state index contributed by atoms with van der Waals surface area (Å²) in [4.78, 5) is 47.2. The highest BCUT2D eigenvalue weighted by molar-refractivity contribution is 7.89. The highest BCUT2D eigenvalue weighted by Crippen LogP contribution is 2.28. The third-order valence-corrected chi connectivity index (χ3v) is 18.8. The predicted octanol–water partition coefficient (Wildman–Crippen LogP) is 12.6. The van der Waals surface area contributed by atoms with Crippen LogP contribution in [0.4, 0.5) is 15.3 Å². The van der Waals surface area contributed by atoms with E-state index in [0.29, 0.717) is 17.0 Å². The molecule has 0 saturated carbocycles. The number of likely N-dealkylation sites (tertiary alicyclic amines) is 1. The molecule has 1 amide bonds. The molecule has 2 aliphatic rings. The number of rotatable bonds is 18. The molecule has 0 aliphatic carbocycles. The van der Waals surface area contributed by atoms with Crippen molar-refractivity contribution in [2.45, 2.75) is 81.4 Å². The molecule has 2 fully saturated rings. The van der Waals surface area contributed by atoms with Crippen LogP contribution >= 0.6 is 0 Å². The SMILES string of the molecule is CCN1CCCCC1.CN(C(=O)n1cnc(-c2ccc(S(=O)(=O)N(Cc3ccccc3)Cc3ccccc3)cc2)c1)N1CCCCC1.O=C(Oc1ccc([N+](=O)[O-])cc1)n1cnc(-c2ccc(S(=O)(=O)N(Cc3ccccc3)Cc3ccccc3)cc2)c1.